The molecular weight excluding hydrogens is 549 g/mol. The molecule has 0 bridgehead atoms. The fourth-order valence-electron chi connectivity index (χ4n) is 2.63. The van der Waals surface area contributed by atoms with Gasteiger partial charge in [-0.2, -0.15) is 26.0 Å². The summed E-state index contributed by atoms with van der Waals surface area (Å²) in [4.78, 5) is 0.935. The molecule has 0 atom stereocenters. The van der Waals surface area contributed by atoms with Gasteiger partial charge in [0.1, 0.15) is 0 Å². The average molecular weight is 563 g/mol. The molecule has 1 N–H and O–H groups in total. The quantitative estimate of drug-likeness (QED) is 0.188. The molecule has 0 saturated heterocycles. The van der Waals surface area contributed by atoms with Crippen molar-refractivity contribution in [1.29, 1.82) is 0 Å². The summed E-state index contributed by atoms with van der Waals surface area (Å²) in [5, 5.41) is -4.74. The Morgan fingerprint density at radius 1 is 0.794 bits per heavy atom. The van der Waals surface area contributed by atoms with Crippen LogP contribution >= 0.6 is 35.8 Å². The minimum absolute atomic E-state index is 0.725. The fraction of sp³-hybridized carbons (Fsp3) is 0.143. The van der Waals surface area contributed by atoms with Crippen LogP contribution in [0.15, 0.2) is 71.6 Å². The van der Waals surface area contributed by atoms with Gasteiger partial charge in [-0.3, -0.25) is 4.55 Å². The molecule has 0 fully saturated rings. The first-order valence-corrected chi connectivity index (χ1v) is 11.6. The molecule has 0 radical (unpaired) electrons. The zero-order valence-corrected chi connectivity index (χ0v) is 19.8. The molecule has 0 aliphatic rings. The van der Waals surface area contributed by atoms with Gasteiger partial charge in [-0.25, -0.2) is 8.78 Å². The zero-order chi connectivity index (χ0) is 25.9. The van der Waals surface area contributed by atoms with Crippen molar-refractivity contribution < 1.29 is 39.3 Å². The van der Waals surface area contributed by atoms with Crippen LogP contribution in [-0.4, -0.2) is 30.6 Å². The molecule has 0 aliphatic carbocycles. The van der Waals surface area contributed by atoms with Crippen molar-refractivity contribution in [3.05, 3.63) is 76.8 Å². The Labute approximate surface area is 206 Å². The summed E-state index contributed by atoms with van der Waals surface area (Å²) < 4.78 is 96.5. The van der Waals surface area contributed by atoms with Gasteiger partial charge in [0, 0.05) is 20.5 Å². The molecule has 0 unspecified atom stereocenters. The molecule has 3 nitrogen and oxygen atoms in total. The first-order chi connectivity index (χ1) is 15.6. The highest BCUT2D eigenvalue weighted by atomic mass is 35.5. The van der Waals surface area contributed by atoms with Crippen molar-refractivity contribution in [1.82, 2.24) is 0 Å². The molecule has 0 saturated carbocycles. The molecule has 3 aromatic carbocycles. The van der Waals surface area contributed by atoms with Crippen molar-refractivity contribution >= 4 is 45.9 Å². The van der Waals surface area contributed by atoms with Crippen LogP contribution in [0.3, 0.4) is 0 Å². The summed E-state index contributed by atoms with van der Waals surface area (Å²) in [6.07, 6.45) is -4.90. The van der Waals surface area contributed by atoms with E-state index < -0.39 is 27.7 Å². The predicted octanol–water partition coefficient (Wildman–Crippen LogP) is 7.98. The number of hydrogen-bond acceptors (Lipinski definition) is 3. The largest absolute Gasteiger partial charge is 0.437 e. The molecule has 34 heavy (non-hydrogen) atoms. The Kier molecular flexibility index (Phi) is 8.98. The number of hydrogen-bond donors (Lipinski definition) is 2. The van der Waals surface area contributed by atoms with E-state index in [9.17, 15) is 34.8 Å². The molecule has 0 amide bonds. The lowest BCUT2D eigenvalue weighted by atomic mass is 9.94. The minimum atomic E-state index is -6.57. The van der Waals surface area contributed by atoms with Crippen LogP contribution in [0.4, 0.5) is 26.3 Å². The maximum atomic E-state index is 11.9. The topological polar surface area (TPSA) is 54.4 Å². The summed E-state index contributed by atoms with van der Waals surface area (Å²) in [6, 6.07) is 21.7. The van der Waals surface area contributed by atoms with Crippen LogP contribution in [0, 0.1) is 0 Å². The van der Waals surface area contributed by atoms with Crippen LogP contribution in [-0.2, 0) is 10.1 Å². The number of rotatable bonds is 5. The number of halogens is 8. The highest BCUT2D eigenvalue weighted by molar-refractivity contribution is 7.87. The summed E-state index contributed by atoms with van der Waals surface area (Å²) >= 11 is 16.6. The van der Waals surface area contributed by atoms with E-state index in [-0.39, 0.29) is 0 Å². The van der Waals surface area contributed by atoms with E-state index in [1.165, 1.54) is 0 Å². The zero-order valence-electron chi connectivity index (χ0n) is 16.6. The second kappa shape index (κ2) is 10.8. The third-order valence-corrected chi connectivity index (χ3v) is 6.11. The molecule has 0 spiro atoms. The second-order valence-electron chi connectivity index (χ2n) is 6.63. The Hall–Kier alpha value is -1.92. The summed E-state index contributed by atoms with van der Waals surface area (Å²) in [6.45, 7) is 0. The van der Waals surface area contributed by atoms with E-state index in [0.29, 0.717) is 0 Å². The molecular formula is C21H14Cl2F6O3S2. The summed E-state index contributed by atoms with van der Waals surface area (Å²) in [7, 11) is -6.57. The third kappa shape index (κ3) is 6.19. The smallest absolute Gasteiger partial charge is 0.281 e. The van der Waals surface area contributed by atoms with Gasteiger partial charge in [-0.1, -0.05) is 59.6 Å². The van der Waals surface area contributed by atoms with Crippen LogP contribution < -0.4 is 0 Å². The molecule has 184 valence electrons. The standard InChI is InChI=1S/C18H12Cl2S.C3H2F6O3S/c19-14-8-4-12(5-9-14)16-2-1-3-17(21)18(16)13-6-10-15(20)11-7-13;4-1(5)2(6,7)3(8,9)13(10,11)12/h1-11,21H;1H,(H,10,11,12). The van der Waals surface area contributed by atoms with Crippen molar-refractivity contribution in [3.63, 3.8) is 0 Å². The van der Waals surface area contributed by atoms with E-state index in [2.05, 4.69) is 18.7 Å². The SMILES string of the molecule is O=S(=O)(O)C(F)(F)C(F)(F)C(F)F.Sc1cccc(-c2ccc(Cl)cc2)c1-c1ccc(Cl)cc1. The number of benzene rings is 3. The van der Waals surface area contributed by atoms with Gasteiger partial charge in [0.05, 0.1) is 0 Å². The van der Waals surface area contributed by atoms with Crippen molar-refractivity contribution in [2.75, 3.05) is 0 Å². The monoisotopic (exact) mass is 562 g/mol. The molecule has 13 heteroatoms. The molecule has 0 aromatic heterocycles. The van der Waals surface area contributed by atoms with Gasteiger partial charge in [-0.15, -0.1) is 12.6 Å². The lowest BCUT2D eigenvalue weighted by Gasteiger charge is -2.22. The van der Waals surface area contributed by atoms with Crippen molar-refractivity contribution in [3.8, 4) is 22.3 Å². The highest BCUT2D eigenvalue weighted by Gasteiger charge is 2.70. The Balaban J connectivity index is 0.000000273. The van der Waals surface area contributed by atoms with Crippen LogP contribution in [0.1, 0.15) is 0 Å². The van der Waals surface area contributed by atoms with Gasteiger partial charge in [0.2, 0.25) is 0 Å². The second-order valence-corrected chi connectivity index (χ2v) is 9.45. The first kappa shape index (κ1) is 28.3. The van der Waals surface area contributed by atoms with Gasteiger partial charge < -0.3 is 0 Å². The Morgan fingerprint density at radius 3 is 1.62 bits per heavy atom. The normalized spacial score (nSPS) is 12.3. The minimum Gasteiger partial charge on any atom is -0.281 e. The van der Waals surface area contributed by atoms with Gasteiger partial charge in [0.25, 0.3) is 0 Å². The van der Waals surface area contributed by atoms with E-state index in [4.69, 9.17) is 27.8 Å². The number of thiol groups is 1. The maximum Gasteiger partial charge on any atom is 0.437 e. The Morgan fingerprint density at radius 2 is 1.24 bits per heavy atom. The first-order valence-electron chi connectivity index (χ1n) is 8.94. The van der Waals surface area contributed by atoms with E-state index in [1.807, 2.05) is 60.7 Å². The summed E-state index contributed by atoms with van der Waals surface area (Å²) in [5.41, 5.74) is 4.43. The van der Waals surface area contributed by atoms with Crippen LogP contribution in [0.5, 0.6) is 0 Å². The van der Waals surface area contributed by atoms with Gasteiger partial charge >= 0.3 is 27.7 Å². The fourth-order valence-corrected chi connectivity index (χ4v) is 3.65. The maximum absolute atomic E-state index is 11.9. The van der Waals surface area contributed by atoms with Crippen molar-refractivity contribution in [2.24, 2.45) is 0 Å². The van der Waals surface area contributed by atoms with E-state index >= 15 is 0 Å². The summed E-state index contributed by atoms with van der Waals surface area (Å²) in [5.74, 6) is -6.12. The number of alkyl halides is 6. The van der Waals surface area contributed by atoms with Gasteiger partial charge in [0.15, 0.2) is 0 Å². The highest BCUT2D eigenvalue weighted by Crippen LogP contribution is 2.42. The average Bonchev–Trinajstić information content (AvgIpc) is 2.74. The Bertz CT molecular complexity index is 1240. The lowest BCUT2D eigenvalue weighted by molar-refractivity contribution is -0.227. The lowest BCUT2D eigenvalue weighted by Crippen LogP contribution is -2.51. The molecule has 0 heterocycles. The van der Waals surface area contributed by atoms with Gasteiger partial charge in [-0.05, 0) is 47.0 Å². The molecule has 0 aliphatic heterocycles. The van der Waals surface area contributed by atoms with Crippen LogP contribution in [0.25, 0.3) is 22.3 Å². The molecule has 3 aromatic rings. The molecule has 3 rings (SSSR count). The predicted molar refractivity (Wildman–Crippen MR) is 122 cm³/mol. The van der Waals surface area contributed by atoms with Crippen molar-refractivity contribution in [2.45, 2.75) is 22.5 Å². The third-order valence-electron chi connectivity index (χ3n) is 4.32. The van der Waals surface area contributed by atoms with E-state index in [1.54, 1.807) is 0 Å². The van der Waals surface area contributed by atoms with E-state index in [0.717, 1.165) is 37.2 Å². The van der Waals surface area contributed by atoms with Crippen LogP contribution in [0.2, 0.25) is 10.0 Å².